The van der Waals surface area contributed by atoms with Crippen molar-refractivity contribution in [1.82, 2.24) is 4.90 Å². The minimum Gasteiger partial charge on any atom is -0.486 e. The molecule has 2 saturated heterocycles. The minimum atomic E-state index is -1.26. The van der Waals surface area contributed by atoms with Gasteiger partial charge in [-0.25, -0.2) is 0 Å². The van der Waals surface area contributed by atoms with E-state index in [4.69, 9.17) is 14.2 Å². The van der Waals surface area contributed by atoms with Gasteiger partial charge in [-0.2, -0.15) is 0 Å². The van der Waals surface area contributed by atoms with E-state index >= 15 is 0 Å². The third-order valence-electron chi connectivity index (χ3n) is 7.60. The smallest absolute Gasteiger partial charge is 0.161 e. The van der Waals surface area contributed by atoms with Gasteiger partial charge in [0.2, 0.25) is 0 Å². The Bertz CT molecular complexity index is 1030. The van der Waals surface area contributed by atoms with Crippen LogP contribution in [0.2, 0.25) is 0 Å². The fourth-order valence-electron chi connectivity index (χ4n) is 5.60. The van der Waals surface area contributed by atoms with E-state index in [0.717, 1.165) is 55.0 Å². The molecule has 1 saturated carbocycles. The molecule has 3 heterocycles. The number of aliphatic hydroxyl groups excluding tert-OH is 3. The minimum absolute atomic E-state index is 0.558. The van der Waals surface area contributed by atoms with Crippen LogP contribution in [0.5, 0.6) is 11.5 Å². The third kappa shape index (κ3) is 4.20. The number of likely N-dealkylation sites (tertiary alicyclic amines) is 1. The Labute approximate surface area is 199 Å². The summed E-state index contributed by atoms with van der Waals surface area (Å²) in [5.74, 6) is 2.14. The molecule has 2 aromatic carbocycles. The van der Waals surface area contributed by atoms with Gasteiger partial charge in [-0.05, 0) is 72.4 Å². The highest BCUT2D eigenvalue weighted by molar-refractivity contribution is 5.47. The first-order valence-electron chi connectivity index (χ1n) is 12.5. The molecule has 3 aliphatic heterocycles. The molecule has 7 heteroatoms. The van der Waals surface area contributed by atoms with E-state index in [9.17, 15) is 15.3 Å². The molecule has 3 fully saturated rings. The van der Waals surface area contributed by atoms with Crippen LogP contribution in [-0.2, 0) is 11.2 Å². The Hall–Kier alpha value is -2.16. The molecule has 0 bridgehead atoms. The van der Waals surface area contributed by atoms with Crippen molar-refractivity contribution in [3.8, 4) is 11.5 Å². The average Bonchev–Trinajstić information content (AvgIpc) is 3.56. The predicted molar refractivity (Wildman–Crippen MR) is 125 cm³/mol. The summed E-state index contributed by atoms with van der Waals surface area (Å²) >= 11 is 0. The summed E-state index contributed by atoms with van der Waals surface area (Å²) in [6.45, 7) is 2.78. The first-order chi connectivity index (χ1) is 16.6. The first kappa shape index (κ1) is 22.3. The van der Waals surface area contributed by atoms with E-state index < -0.39 is 30.6 Å². The average molecular weight is 468 g/mol. The van der Waals surface area contributed by atoms with Gasteiger partial charge in [0, 0.05) is 13.1 Å². The van der Waals surface area contributed by atoms with Crippen LogP contribution in [-0.4, -0.2) is 71.1 Å². The predicted octanol–water partition coefficient (Wildman–Crippen LogP) is 2.50. The van der Waals surface area contributed by atoms with Gasteiger partial charge < -0.3 is 29.5 Å². The van der Waals surface area contributed by atoms with Crippen LogP contribution in [0.3, 0.4) is 0 Å². The number of benzene rings is 2. The van der Waals surface area contributed by atoms with Crippen molar-refractivity contribution in [2.75, 3.05) is 26.3 Å². The highest BCUT2D eigenvalue weighted by Crippen LogP contribution is 2.44. The molecule has 1 unspecified atom stereocenters. The van der Waals surface area contributed by atoms with E-state index in [1.165, 1.54) is 24.0 Å². The lowest BCUT2D eigenvalue weighted by molar-refractivity contribution is -0.259. The number of ether oxygens (including phenoxy) is 3. The van der Waals surface area contributed by atoms with Crippen LogP contribution in [0.25, 0.3) is 0 Å². The Morgan fingerprint density at radius 1 is 0.824 bits per heavy atom. The molecule has 5 atom stereocenters. The topological polar surface area (TPSA) is 91.6 Å². The number of hydrogen-bond acceptors (Lipinski definition) is 7. The van der Waals surface area contributed by atoms with Gasteiger partial charge in [0.05, 0.1) is 0 Å². The highest BCUT2D eigenvalue weighted by Gasteiger charge is 2.47. The Balaban J connectivity index is 1.30. The zero-order chi connectivity index (χ0) is 23.2. The molecule has 0 aromatic heterocycles. The van der Waals surface area contributed by atoms with E-state index in [0.29, 0.717) is 19.1 Å². The molecule has 0 spiro atoms. The van der Waals surface area contributed by atoms with Gasteiger partial charge in [-0.15, -0.1) is 0 Å². The zero-order valence-electron chi connectivity index (χ0n) is 19.3. The second-order valence-corrected chi connectivity index (χ2v) is 10.0. The van der Waals surface area contributed by atoms with Crippen LogP contribution >= 0.6 is 0 Å². The summed E-state index contributed by atoms with van der Waals surface area (Å²) in [6, 6.07) is 12.4. The Morgan fingerprint density at radius 3 is 2.35 bits per heavy atom. The second kappa shape index (κ2) is 9.13. The molecule has 3 N–H and O–H groups in total. The van der Waals surface area contributed by atoms with Crippen LogP contribution in [0.4, 0.5) is 0 Å². The summed E-state index contributed by atoms with van der Waals surface area (Å²) in [6.07, 6.45) is 0.322. The lowest BCUT2D eigenvalue weighted by Crippen LogP contribution is -2.59. The summed E-state index contributed by atoms with van der Waals surface area (Å²) in [4.78, 5) is 2.07. The van der Waals surface area contributed by atoms with Crippen molar-refractivity contribution in [1.29, 1.82) is 0 Å². The summed E-state index contributed by atoms with van der Waals surface area (Å²) < 4.78 is 17.7. The third-order valence-corrected chi connectivity index (χ3v) is 7.60. The number of nitrogens with zero attached hydrogens (tertiary/aromatic N) is 1. The maximum Gasteiger partial charge on any atom is 0.161 e. The SMILES string of the molecule is O[C@@H]1[C@@H](O)[C@H](c2ccc(C3CC3)c(Cc3ccc4c(c3)OCCO4)c2)OC(N2CCCC2)[C@H]1O. The van der Waals surface area contributed by atoms with Gasteiger partial charge in [-0.1, -0.05) is 24.3 Å². The van der Waals surface area contributed by atoms with Crippen molar-refractivity contribution in [3.05, 3.63) is 58.7 Å². The standard InChI is InChI=1S/C27H33NO6/c29-23-24(30)26(34-27(25(23)31)28-9-1-2-10-28)18-6-7-20(17-4-5-17)19(15-18)13-16-3-8-21-22(14-16)33-12-11-32-21/h3,6-8,14-15,17,23-27,29-31H,1-2,4-5,9-13H2/t23-,24-,25+,26+,27?/m1/s1. The normalized spacial score (nSPS) is 31.6. The van der Waals surface area contributed by atoms with Crippen molar-refractivity contribution < 1.29 is 29.5 Å². The molecule has 4 aliphatic rings. The molecular formula is C27H33NO6. The molecule has 182 valence electrons. The summed E-state index contributed by atoms with van der Waals surface area (Å²) in [5.41, 5.74) is 4.50. The van der Waals surface area contributed by atoms with E-state index in [1.54, 1.807) is 0 Å². The maximum atomic E-state index is 10.8. The van der Waals surface area contributed by atoms with E-state index in [1.807, 2.05) is 18.2 Å². The van der Waals surface area contributed by atoms with E-state index in [-0.39, 0.29) is 0 Å². The summed E-state index contributed by atoms with van der Waals surface area (Å²) in [7, 11) is 0. The molecule has 2 aromatic rings. The van der Waals surface area contributed by atoms with Gasteiger partial charge in [0.1, 0.15) is 43.9 Å². The number of hydrogen-bond donors (Lipinski definition) is 3. The molecule has 0 radical (unpaired) electrons. The molecular weight excluding hydrogens is 434 g/mol. The van der Waals surface area contributed by atoms with Gasteiger partial charge in [0.15, 0.2) is 11.5 Å². The highest BCUT2D eigenvalue weighted by atomic mass is 16.6. The number of fused-ring (bicyclic) bond motifs is 1. The lowest BCUT2D eigenvalue weighted by atomic mass is 9.89. The number of aliphatic hydroxyl groups is 3. The van der Waals surface area contributed by atoms with Crippen LogP contribution < -0.4 is 9.47 Å². The fourth-order valence-corrected chi connectivity index (χ4v) is 5.60. The van der Waals surface area contributed by atoms with Crippen LogP contribution in [0, 0.1) is 0 Å². The van der Waals surface area contributed by atoms with E-state index in [2.05, 4.69) is 23.1 Å². The van der Waals surface area contributed by atoms with Crippen molar-refractivity contribution >= 4 is 0 Å². The van der Waals surface area contributed by atoms with Crippen LogP contribution in [0.1, 0.15) is 60.0 Å². The van der Waals surface area contributed by atoms with Crippen molar-refractivity contribution in [2.24, 2.45) is 0 Å². The van der Waals surface area contributed by atoms with Crippen molar-refractivity contribution in [2.45, 2.75) is 68.7 Å². The van der Waals surface area contributed by atoms with Crippen LogP contribution in [0.15, 0.2) is 36.4 Å². The molecule has 0 amide bonds. The molecule has 34 heavy (non-hydrogen) atoms. The first-order valence-corrected chi connectivity index (χ1v) is 12.5. The fraction of sp³-hybridized carbons (Fsp3) is 0.556. The molecule has 7 nitrogen and oxygen atoms in total. The maximum absolute atomic E-state index is 10.8. The summed E-state index contributed by atoms with van der Waals surface area (Å²) in [5, 5.41) is 32.1. The zero-order valence-corrected chi connectivity index (χ0v) is 19.3. The largest absolute Gasteiger partial charge is 0.486 e. The lowest BCUT2D eigenvalue weighted by Gasteiger charge is -2.44. The van der Waals surface area contributed by atoms with Gasteiger partial charge in [-0.3, -0.25) is 4.90 Å². The quantitative estimate of drug-likeness (QED) is 0.622. The number of rotatable bonds is 5. The van der Waals surface area contributed by atoms with Gasteiger partial charge in [0.25, 0.3) is 0 Å². The van der Waals surface area contributed by atoms with Crippen molar-refractivity contribution in [3.63, 3.8) is 0 Å². The monoisotopic (exact) mass is 467 g/mol. The molecule has 1 aliphatic carbocycles. The Morgan fingerprint density at radius 2 is 1.59 bits per heavy atom. The Kier molecular flexibility index (Phi) is 5.99. The second-order valence-electron chi connectivity index (χ2n) is 10.0. The molecule has 6 rings (SSSR count). The van der Waals surface area contributed by atoms with Gasteiger partial charge >= 0.3 is 0 Å².